The average Bonchev–Trinajstić information content (AvgIpc) is 2.46. The molecule has 1 saturated carbocycles. The van der Waals surface area contributed by atoms with Crippen molar-refractivity contribution in [3.05, 3.63) is 35.8 Å². The molecule has 2 nitrogen and oxygen atoms in total. The van der Waals surface area contributed by atoms with Gasteiger partial charge in [0.15, 0.2) is 0 Å². The van der Waals surface area contributed by atoms with Gasteiger partial charge in [0.25, 0.3) is 0 Å². The van der Waals surface area contributed by atoms with Crippen LogP contribution in [0.1, 0.15) is 46.5 Å². The highest BCUT2D eigenvalue weighted by molar-refractivity contribution is 5.30. The first-order chi connectivity index (χ1) is 9.68. The van der Waals surface area contributed by atoms with Crippen LogP contribution in [0.5, 0.6) is 0 Å². The first kappa shape index (κ1) is 16.1. The van der Waals surface area contributed by atoms with Gasteiger partial charge in [0.1, 0.15) is 11.5 Å². The molecule has 2 aliphatic carbocycles. The van der Waals surface area contributed by atoms with E-state index in [0.29, 0.717) is 18.8 Å². The van der Waals surface area contributed by atoms with Crippen LogP contribution in [-0.2, 0) is 4.74 Å². The van der Waals surface area contributed by atoms with Crippen molar-refractivity contribution >= 4 is 0 Å². The van der Waals surface area contributed by atoms with Crippen LogP contribution in [0.25, 0.3) is 0 Å². The number of aliphatic hydroxyl groups excluding tert-OH is 1. The van der Waals surface area contributed by atoms with Gasteiger partial charge in [0.05, 0.1) is 5.92 Å². The predicted octanol–water partition coefficient (Wildman–Crippen LogP) is 5.34. The zero-order valence-electron chi connectivity index (χ0n) is 12.9. The lowest BCUT2D eigenvalue weighted by Crippen LogP contribution is -2.34. The summed E-state index contributed by atoms with van der Waals surface area (Å²) in [6, 6.07) is 0. The average molecular weight is 298 g/mol. The topological polar surface area (TPSA) is 29.5 Å². The van der Waals surface area contributed by atoms with Crippen LogP contribution in [-0.4, -0.2) is 11.2 Å². The van der Waals surface area contributed by atoms with E-state index in [-0.39, 0.29) is 11.5 Å². The van der Waals surface area contributed by atoms with Gasteiger partial charge in [-0.1, -0.05) is 33.6 Å². The van der Waals surface area contributed by atoms with Crippen molar-refractivity contribution in [1.82, 2.24) is 0 Å². The molecule has 0 aromatic heterocycles. The number of halogens is 2. The summed E-state index contributed by atoms with van der Waals surface area (Å²) in [7, 11) is 0. The Morgan fingerprint density at radius 1 is 1.14 bits per heavy atom. The summed E-state index contributed by atoms with van der Waals surface area (Å²) >= 11 is 0. The summed E-state index contributed by atoms with van der Waals surface area (Å²) in [4.78, 5) is 0. The SMILES string of the molecule is CC1CCC(C(F)(F)OC2=CC(C)(C)C=C(O)C=C2)CC1. The summed E-state index contributed by atoms with van der Waals surface area (Å²) in [5.41, 5.74) is -0.528. The van der Waals surface area contributed by atoms with E-state index >= 15 is 0 Å². The lowest BCUT2D eigenvalue weighted by Gasteiger charge is -2.32. The number of hydrogen-bond acceptors (Lipinski definition) is 2. The van der Waals surface area contributed by atoms with E-state index in [0.717, 1.165) is 12.8 Å². The molecule has 0 bridgehead atoms. The molecule has 118 valence electrons. The maximum atomic E-state index is 14.3. The summed E-state index contributed by atoms with van der Waals surface area (Å²) in [5.74, 6) is -0.0291. The van der Waals surface area contributed by atoms with E-state index in [1.54, 1.807) is 12.2 Å². The monoisotopic (exact) mass is 298 g/mol. The zero-order valence-corrected chi connectivity index (χ0v) is 12.9. The Bertz CT molecular complexity index is 467. The van der Waals surface area contributed by atoms with Crippen molar-refractivity contribution < 1.29 is 18.6 Å². The van der Waals surface area contributed by atoms with Gasteiger partial charge in [-0.25, -0.2) is 0 Å². The highest BCUT2D eigenvalue weighted by Crippen LogP contribution is 2.41. The van der Waals surface area contributed by atoms with Crippen molar-refractivity contribution in [3.63, 3.8) is 0 Å². The molecule has 0 atom stereocenters. The number of rotatable bonds is 3. The second-order valence-corrected chi connectivity index (χ2v) is 6.89. The van der Waals surface area contributed by atoms with Gasteiger partial charge in [-0.05, 0) is 43.1 Å². The van der Waals surface area contributed by atoms with Gasteiger partial charge in [0, 0.05) is 5.41 Å². The normalized spacial score (nSPS) is 29.4. The molecule has 2 aliphatic rings. The first-order valence-electron chi connectivity index (χ1n) is 7.57. The molecular formula is C17H24F2O2. The quantitative estimate of drug-likeness (QED) is 0.761. The van der Waals surface area contributed by atoms with E-state index in [2.05, 4.69) is 6.92 Å². The molecule has 0 radical (unpaired) electrons. The third kappa shape index (κ3) is 4.32. The summed E-state index contributed by atoms with van der Waals surface area (Å²) in [5, 5.41) is 9.62. The lowest BCUT2D eigenvalue weighted by molar-refractivity contribution is -0.254. The van der Waals surface area contributed by atoms with Crippen LogP contribution in [0, 0.1) is 17.3 Å². The van der Waals surface area contributed by atoms with Gasteiger partial charge < -0.3 is 9.84 Å². The Labute approximate surface area is 125 Å². The molecular weight excluding hydrogens is 274 g/mol. The fourth-order valence-electron chi connectivity index (χ4n) is 2.95. The lowest BCUT2D eigenvalue weighted by atomic mass is 9.82. The summed E-state index contributed by atoms with van der Waals surface area (Å²) in [6.45, 7) is 5.77. The molecule has 0 unspecified atom stereocenters. The van der Waals surface area contributed by atoms with Crippen LogP contribution >= 0.6 is 0 Å². The minimum absolute atomic E-state index is 0.0599. The van der Waals surface area contributed by atoms with E-state index in [1.165, 1.54) is 12.2 Å². The third-order valence-electron chi connectivity index (χ3n) is 4.20. The largest absolute Gasteiger partial charge is 0.508 e. The van der Waals surface area contributed by atoms with Crippen LogP contribution in [0.2, 0.25) is 0 Å². The van der Waals surface area contributed by atoms with Gasteiger partial charge in [-0.2, -0.15) is 8.78 Å². The molecule has 0 spiro atoms. The van der Waals surface area contributed by atoms with Gasteiger partial charge in [-0.3, -0.25) is 0 Å². The third-order valence-corrected chi connectivity index (χ3v) is 4.20. The number of alkyl halides is 2. The van der Waals surface area contributed by atoms with E-state index in [9.17, 15) is 13.9 Å². The molecule has 1 fully saturated rings. The van der Waals surface area contributed by atoms with Gasteiger partial charge in [0.2, 0.25) is 0 Å². The number of aliphatic hydroxyl groups is 1. The minimum Gasteiger partial charge on any atom is -0.508 e. The van der Waals surface area contributed by atoms with Gasteiger partial charge in [-0.15, -0.1) is 0 Å². The van der Waals surface area contributed by atoms with Crippen LogP contribution < -0.4 is 0 Å². The van der Waals surface area contributed by atoms with Crippen molar-refractivity contribution in [1.29, 1.82) is 0 Å². The van der Waals surface area contributed by atoms with E-state index in [1.807, 2.05) is 13.8 Å². The number of hydrogen-bond donors (Lipinski definition) is 1. The van der Waals surface area contributed by atoms with Crippen molar-refractivity contribution in [2.24, 2.45) is 17.3 Å². The van der Waals surface area contributed by atoms with Crippen molar-refractivity contribution in [3.8, 4) is 0 Å². The Morgan fingerprint density at radius 2 is 1.76 bits per heavy atom. The molecule has 0 aliphatic heterocycles. The van der Waals surface area contributed by atoms with E-state index in [4.69, 9.17) is 4.74 Å². The smallest absolute Gasteiger partial charge is 0.400 e. The molecule has 21 heavy (non-hydrogen) atoms. The second-order valence-electron chi connectivity index (χ2n) is 6.89. The molecule has 1 N–H and O–H groups in total. The molecule has 0 heterocycles. The fraction of sp³-hybridized carbons (Fsp3) is 0.647. The standard InChI is InChI=1S/C17H24F2O2/c1-12-4-6-13(7-5-12)17(18,19)21-15-9-8-14(20)10-16(2,3)11-15/h8-13,20H,4-7H2,1-3H3. The zero-order chi connectivity index (χ0) is 15.7. The predicted molar refractivity (Wildman–Crippen MR) is 78.9 cm³/mol. The van der Waals surface area contributed by atoms with Crippen molar-refractivity contribution in [2.45, 2.75) is 52.6 Å². The molecule has 2 rings (SSSR count). The van der Waals surface area contributed by atoms with E-state index < -0.39 is 17.4 Å². The maximum Gasteiger partial charge on any atom is 0.400 e. The van der Waals surface area contributed by atoms with Crippen LogP contribution in [0.15, 0.2) is 35.8 Å². The molecule has 0 amide bonds. The molecule has 4 heteroatoms. The Kier molecular flexibility index (Phi) is 4.45. The van der Waals surface area contributed by atoms with Gasteiger partial charge >= 0.3 is 6.11 Å². The molecule has 0 saturated heterocycles. The minimum atomic E-state index is -3.16. The number of ether oxygens (including phenoxy) is 1. The maximum absolute atomic E-state index is 14.3. The Hall–Kier alpha value is -1.32. The van der Waals surface area contributed by atoms with Crippen LogP contribution in [0.3, 0.4) is 0 Å². The highest BCUT2D eigenvalue weighted by atomic mass is 19.3. The number of allylic oxidation sites excluding steroid dienone is 4. The fourth-order valence-corrected chi connectivity index (χ4v) is 2.95. The summed E-state index contributed by atoms with van der Waals surface area (Å²) in [6.07, 6.45) is 5.51. The van der Waals surface area contributed by atoms with Crippen molar-refractivity contribution in [2.75, 3.05) is 0 Å². The Morgan fingerprint density at radius 3 is 2.38 bits per heavy atom. The highest BCUT2D eigenvalue weighted by Gasteiger charge is 2.43. The molecule has 0 aromatic carbocycles. The van der Waals surface area contributed by atoms with Crippen LogP contribution in [0.4, 0.5) is 8.78 Å². The first-order valence-corrected chi connectivity index (χ1v) is 7.57. The summed E-state index contributed by atoms with van der Waals surface area (Å²) < 4.78 is 33.7. The Balaban J connectivity index is 2.09. The second kappa shape index (κ2) is 5.82. The molecule has 0 aromatic rings.